The molecule has 2 heterocycles. The highest BCUT2D eigenvalue weighted by Gasteiger charge is 2.42. The van der Waals surface area contributed by atoms with Crippen LogP contribution in [0.25, 0.3) is 10.8 Å². The van der Waals surface area contributed by atoms with E-state index in [0.29, 0.717) is 24.6 Å². The molecule has 250 valence electrons. The van der Waals surface area contributed by atoms with Gasteiger partial charge in [0.1, 0.15) is 23.6 Å². The summed E-state index contributed by atoms with van der Waals surface area (Å²) < 4.78 is 5.98. The number of nitrogens with zero attached hydrogens (tertiary/aromatic N) is 3. The first-order chi connectivity index (χ1) is 23.4. The summed E-state index contributed by atoms with van der Waals surface area (Å²) in [5.74, 6) is 1.24. The Labute approximate surface area is 282 Å². The van der Waals surface area contributed by atoms with Gasteiger partial charge in [-0.3, -0.25) is 14.4 Å². The predicted octanol–water partition coefficient (Wildman–Crippen LogP) is 4.59. The zero-order valence-electron chi connectivity index (χ0n) is 27.6. The molecular formula is C39H45N5O4. The fourth-order valence-corrected chi connectivity index (χ4v) is 6.74. The highest BCUT2D eigenvalue weighted by atomic mass is 16.5. The van der Waals surface area contributed by atoms with E-state index in [1.54, 1.807) is 9.80 Å². The summed E-state index contributed by atoms with van der Waals surface area (Å²) in [7, 11) is 2.11. The molecular weight excluding hydrogens is 602 g/mol. The number of carbonyl (C=O) groups is 3. The number of hydrogen-bond acceptors (Lipinski definition) is 6. The summed E-state index contributed by atoms with van der Waals surface area (Å²) in [5, 5.41) is 5.23. The Kier molecular flexibility index (Phi) is 10.7. The third-order valence-electron chi connectivity index (χ3n) is 9.51. The van der Waals surface area contributed by atoms with E-state index in [1.807, 2.05) is 84.9 Å². The minimum absolute atomic E-state index is 0.0858. The number of fused-ring (bicyclic) bond motifs is 1. The van der Waals surface area contributed by atoms with Crippen molar-refractivity contribution in [3.05, 3.63) is 108 Å². The third-order valence-corrected chi connectivity index (χ3v) is 9.51. The summed E-state index contributed by atoms with van der Waals surface area (Å²) in [6.07, 6.45) is 2.53. The largest absolute Gasteiger partial charge is 0.457 e. The van der Waals surface area contributed by atoms with E-state index < -0.39 is 12.1 Å². The van der Waals surface area contributed by atoms with E-state index in [9.17, 15) is 14.4 Å². The molecule has 0 spiro atoms. The van der Waals surface area contributed by atoms with Crippen LogP contribution in [0.5, 0.6) is 11.5 Å². The van der Waals surface area contributed by atoms with Gasteiger partial charge in [-0.05, 0) is 85.1 Å². The molecule has 2 saturated heterocycles. The number of para-hydroxylation sites is 1. The maximum atomic E-state index is 14.3. The minimum atomic E-state index is -0.835. The molecule has 2 unspecified atom stereocenters. The Morgan fingerprint density at radius 2 is 1.52 bits per heavy atom. The molecule has 0 radical (unpaired) electrons. The molecule has 0 bridgehead atoms. The van der Waals surface area contributed by atoms with Crippen LogP contribution in [0.15, 0.2) is 97.1 Å². The van der Waals surface area contributed by atoms with Gasteiger partial charge in [-0.25, -0.2) is 0 Å². The minimum Gasteiger partial charge on any atom is -0.457 e. The van der Waals surface area contributed by atoms with E-state index >= 15 is 0 Å². The highest BCUT2D eigenvalue weighted by Crippen LogP contribution is 2.25. The van der Waals surface area contributed by atoms with Crippen molar-refractivity contribution in [2.24, 2.45) is 11.7 Å². The van der Waals surface area contributed by atoms with Crippen molar-refractivity contribution in [3.8, 4) is 11.5 Å². The van der Waals surface area contributed by atoms with Gasteiger partial charge in [-0.15, -0.1) is 0 Å². The molecule has 4 aromatic carbocycles. The van der Waals surface area contributed by atoms with Crippen molar-refractivity contribution in [2.45, 2.75) is 44.3 Å². The van der Waals surface area contributed by atoms with E-state index in [4.69, 9.17) is 10.5 Å². The number of benzene rings is 4. The van der Waals surface area contributed by atoms with Crippen molar-refractivity contribution in [2.75, 3.05) is 39.8 Å². The topological polar surface area (TPSA) is 108 Å². The summed E-state index contributed by atoms with van der Waals surface area (Å²) in [5.41, 5.74) is 7.64. The molecule has 0 aliphatic carbocycles. The fourth-order valence-electron chi connectivity index (χ4n) is 6.74. The monoisotopic (exact) mass is 647 g/mol. The Morgan fingerprint density at radius 1 is 0.854 bits per heavy atom. The fraction of sp³-hybridized carbons (Fsp3) is 0.359. The first kappa shape index (κ1) is 33.2. The number of nitrogens with one attached hydrogen (secondary N) is 1. The Bertz CT molecular complexity index is 1700. The molecule has 4 aromatic rings. The molecule has 6 rings (SSSR count). The number of carbonyl (C=O) groups excluding carboxylic acids is 3. The zero-order chi connectivity index (χ0) is 33.5. The molecule has 3 N–H and O–H groups in total. The van der Waals surface area contributed by atoms with Crippen LogP contribution in [0.1, 0.15) is 30.4 Å². The lowest BCUT2D eigenvalue weighted by Crippen LogP contribution is -2.66. The lowest BCUT2D eigenvalue weighted by Gasteiger charge is -2.42. The van der Waals surface area contributed by atoms with Crippen LogP contribution in [0.4, 0.5) is 0 Å². The number of piperazine rings is 1. The number of likely N-dealkylation sites (tertiary alicyclic amines) is 1. The summed E-state index contributed by atoms with van der Waals surface area (Å²) >= 11 is 0. The maximum Gasteiger partial charge on any atom is 0.246 e. The molecule has 2 aliphatic heterocycles. The second-order valence-electron chi connectivity index (χ2n) is 13.1. The van der Waals surface area contributed by atoms with Crippen molar-refractivity contribution < 1.29 is 19.1 Å². The molecule has 2 atom stereocenters. The van der Waals surface area contributed by atoms with Crippen molar-refractivity contribution in [1.29, 1.82) is 0 Å². The maximum absolute atomic E-state index is 14.3. The van der Waals surface area contributed by atoms with Gasteiger partial charge < -0.3 is 30.5 Å². The van der Waals surface area contributed by atoms with Gasteiger partial charge in [0.2, 0.25) is 17.7 Å². The molecule has 9 heteroatoms. The Balaban J connectivity index is 1.24. The normalized spacial score (nSPS) is 18.9. The first-order valence-corrected chi connectivity index (χ1v) is 16.9. The van der Waals surface area contributed by atoms with Crippen molar-refractivity contribution >= 4 is 28.5 Å². The smallest absolute Gasteiger partial charge is 0.246 e. The van der Waals surface area contributed by atoms with Gasteiger partial charge in [0.05, 0.1) is 6.54 Å². The lowest BCUT2D eigenvalue weighted by molar-refractivity contribution is -0.152. The molecule has 3 amide bonds. The zero-order valence-corrected chi connectivity index (χ0v) is 27.6. The predicted molar refractivity (Wildman–Crippen MR) is 187 cm³/mol. The molecule has 0 aromatic heterocycles. The molecule has 2 fully saturated rings. The number of amides is 3. The highest BCUT2D eigenvalue weighted by molar-refractivity contribution is 5.97. The SMILES string of the molecule is CN1CCC(CN(CC2C(=O)NC(Cc3ccc4ccccc4c3)C(=O)N2Cc2ccc(Oc3ccccc3)cc2)C(=O)CCN)CC1. The summed E-state index contributed by atoms with van der Waals surface area (Å²) in [4.78, 5) is 47.4. The van der Waals surface area contributed by atoms with Crippen LogP contribution in [-0.4, -0.2) is 84.3 Å². The average Bonchev–Trinajstić information content (AvgIpc) is 3.10. The van der Waals surface area contributed by atoms with E-state index in [-0.39, 0.29) is 43.8 Å². The van der Waals surface area contributed by atoms with Crippen LogP contribution < -0.4 is 15.8 Å². The van der Waals surface area contributed by atoms with Gasteiger partial charge in [-0.2, -0.15) is 0 Å². The molecule has 0 saturated carbocycles. The number of piperidine rings is 1. The van der Waals surface area contributed by atoms with Gasteiger partial charge in [0.15, 0.2) is 0 Å². The van der Waals surface area contributed by atoms with E-state index in [1.165, 1.54) is 0 Å². The standard InChI is InChI=1S/C39H45N5O4/c1-42-21-18-29(19-22-42)25-43(37(45)17-20-40)27-36-38(46)41-35(24-30-11-14-31-7-5-6-8-32(31)23-30)39(47)44(36)26-28-12-15-34(16-13-28)48-33-9-3-2-4-10-33/h2-16,23,29,35-36H,17-22,24-27,40H2,1H3,(H,41,46). The third kappa shape index (κ3) is 8.21. The van der Waals surface area contributed by atoms with Crippen LogP contribution in [0, 0.1) is 5.92 Å². The van der Waals surface area contributed by atoms with Crippen LogP contribution in [0.2, 0.25) is 0 Å². The Morgan fingerprint density at radius 3 is 2.25 bits per heavy atom. The number of hydrogen-bond donors (Lipinski definition) is 2. The summed E-state index contributed by atoms with van der Waals surface area (Å²) in [6, 6.07) is 29.8. The molecule has 2 aliphatic rings. The quantitative estimate of drug-likeness (QED) is 0.233. The van der Waals surface area contributed by atoms with E-state index in [0.717, 1.165) is 53.6 Å². The van der Waals surface area contributed by atoms with E-state index in [2.05, 4.69) is 29.4 Å². The van der Waals surface area contributed by atoms with Crippen LogP contribution in [-0.2, 0) is 27.3 Å². The van der Waals surface area contributed by atoms with Gasteiger partial charge in [0.25, 0.3) is 0 Å². The number of nitrogens with two attached hydrogens (primary N) is 1. The van der Waals surface area contributed by atoms with Gasteiger partial charge >= 0.3 is 0 Å². The average molecular weight is 648 g/mol. The van der Waals surface area contributed by atoms with Gasteiger partial charge in [-0.1, -0.05) is 72.8 Å². The van der Waals surface area contributed by atoms with Crippen LogP contribution >= 0.6 is 0 Å². The summed E-state index contributed by atoms with van der Waals surface area (Å²) in [6.45, 7) is 3.07. The molecule has 48 heavy (non-hydrogen) atoms. The number of rotatable bonds is 12. The Hall–Kier alpha value is -4.73. The first-order valence-electron chi connectivity index (χ1n) is 16.9. The van der Waals surface area contributed by atoms with Crippen LogP contribution in [0.3, 0.4) is 0 Å². The van der Waals surface area contributed by atoms with Gasteiger partial charge in [0, 0.05) is 32.5 Å². The second kappa shape index (κ2) is 15.4. The number of ether oxygens (including phenoxy) is 1. The second-order valence-corrected chi connectivity index (χ2v) is 13.1. The molecule has 9 nitrogen and oxygen atoms in total. The lowest BCUT2D eigenvalue weighted by atomic mass is 9.95. The van der Waals surface area contributed by atoms with Crippen molar-refractivity contribution in [1.82, 2.24) is 20.0 Å². The van der Waals surface area contributed by atoms with Crippen molar-refractivity contribution in [3.63, 3.8) is 0 Å².